The zero-order valence-corrected chi connectivity index (χ0v) is 11.1. The Morgan fingerprint density at radius 1 is 1.35 bits per heavy atom. The number of nitrogens with zero attached hydrogens (tertiary/aromatic N) is 3. The van der Waals surface area contributed by atoms with Gasteiger partial charge in [-0.25, -0.2) is 10.8 Å². The first-order valence-corrected chi connectivity index (χ1v) is 5.86. The lowest BCUT2D eigenvalue weighted by Crippen LogP contribution is -2.14. The summed E-state index contributed by atoms with van der Waals surface area (Å²) in [5, 5.41) is 10.9. The summed E-state index contributed by atoms with van der Waals surface area (Å²) in [7, 11) is 1.61. The van der Waals surface area contributed by atoms with Crippen LogP contribution < -0.4 is 16.0 Å². The summed E-state index contributed by atoms with van der Waals surface area (Å²) in [5.74, 6) is 4.88. The van der Waals surface area contributed by atoms with Crippen molar-refractivity contribution < 1.29 is 19.1 Å². The van der Waals surface area contributed by atoms with E-state index in [0.717, 1.165) is 12.7 Å². The number of anilines is 1. The molecule has 0 atom stereocenters. The van der Waals surface area contributed by atoms with Gasteiger partial charge in [-0.05, 0) is 6.42 Å². The molecule has 0 aliphatic carbocycles. The Bertz CT molecular complexity index is 430. The van der Waals surface area contributed by atoms with E-state index in [1.807, 2.05) is 0 Å². The third-order valence-corrected chi connectivity index (χ3v) is 2.21. The molecule has 112 valence electrons. The smallest absolute Gasteiger partial charge is 0.374 e. The van der Waals surface area contributed by atoms with E-state index < -0.39 is 10.6 Å². The van der Waals surface area contributed by atoms with Crippen LogP contribution in [0.3, 0.4) is 0 Å². The summed E-state index contributed by atoms with van der Waals surface area (Å²) >= 11 is 0. The van der Waals surface area contributed by atoms with Gasteiger partial charge < -0.3 is 19.6 Å². The van der Waals surface area contributed by atoms with Crippen LogP contribution in [0.2, 0.25) is 0 Å². The fourth-order valence-corrected chi connectivity index (χ4v) is 1.34. The Kier molecular flexibility index (Phi) is 7.17. The van der Waals surface area contributed by atoms with Crippen LogP contribution in [0, 0.1) is 10.1 Å². The predicted octanol–water partition coefficient (Wildman–Crippen LogP) is 0.102. The maximum Gasteiger partial charge on any atom is 0.374 e. The van der Waals surface area contributed by atoms with Gasteiger partial charge in [0.25, 0.3) is 5.88 Å². The number of rotatable bonds is 10. The van der Waals surface area contributed by atoms with Crippen LogP contribution >= 0.6 is 0 Å². The SMILES string of the molecule is COCCCOCCOc1ncnc(NN)c1[N+](=O)[O-]. The van der Waals surface area contributed by atoms with Gasteiger partial charge in [-0.1, -0.05) is 0 Å². The molecule has 1 rings (SSSR count). The van der Waals surface area contributed by atoms with Gasteiger partial charge in [-0.3, -0.25) is 10.1 Å². The highest BCUT2D eigenvalue weighted by molar-refractivity contribution is 5.60. The minimum Gasteiger partial charge on any atom is -0.470 e. The highest BCUT2D eigenvalue weighted by Crippen LogP contribution is 2.29. The minimum absolute atomic E-state index is 0.110. The molecule has 0 saturated carbocycles. The van der Waals surface area contributed by atoms with Crippen LogP contribution in [0.4, 0.5) is 11.5 Å². The van der Waals surface area contributed by atoms with E-state index >= 15 is 0 Å². The fourth-order valence-electron chi connectivity index (χ4n) is 1.34. The Morgan fingerprint density at radius 3 is 2.80 bits per heavy atom. The average Bonchev–Trinajstić information content (AvgIpc) is 2.45. The van der Waals surface area contributed by atoms with Gasteiger partial charge in [0.15, 0.2) is 0 Å². The number of nitrogens with two attached hydrogens (primary N) is 1. The molecule has 0 fully saturated rings. The van der Waals surface area contributed by atoms with Crippen molar-refractivity contribution in [1.82, 2.24) is 9.97 Å². The summed E-state index contributed by atoms with van der Waals surface area (Å²) in [6.07, 6.45) is 1.89. The molecular formula is C10H17N5O5. The lowest BCUT2D eigenvalue weighted by Gasteiger charge is -2.08. The highest BCUT2D eigenvalue weighted by atomic mass is 16.6. The molecule has 0 amide bonds. The number of methoxy groups -OCH3 is 1. The maximum absolute atomic E-state index is 10.9. The summed E-state index contributed by atoms with van der Waals surface area (Å²) < 4.78 is 15.3. The highest BCUT2D eigenvalue weighted by Gasteiger charge is 2.23. The second kappa shape index (κ2) is 8.96. The third-order valence-electron chi connectivity index (χ3n) is 2.21. The third kappa shape index (κ3) is 4.91. The first-order valence-electron chi connectivity index (χ1n) is 5.86. The molecule has 0 aromatic carbocycles. The second-order valence-corrected chi connectivity index (χ2v) is 3.58. The Morgan fingerprint density at radius 2 is 2.15 bits per heavy atom. The van der Waals surface area contributed by atoms with Gasteiger partial charge in [0.1, 0.15) is 12.9 Å². The molecule has 0 spiro atoms. The molecule has 0 unspecified atom stereocenters. The van der Waals surface area contributed by atoms with E-state index in [1.54, 1.807) is 7.11 Å². The summed E-state index contributed by atoms with van der Waals surface area (Å²) in [6.45, 7) is 1.56. The standard InChI is InChI=1S/C10H17N5O5/c1-18-3-2-4-19-5-6-20-10-8(15(16)17)9(14-11)12-7-13-10/h7H,2-6,11H2,1H3,(H,12,13,14). The Balaban J connectivity index is 2.45. The van der Waals surface area contributed by atoms with Crippen molar-refractivity contribution >= 4 is 11.5 Å². The van der Waals surface area contributed by atoms with Gasteiger partial charge in [0.05, 0.1) is 11.5 Å². The molecule has 1 aromatic heterocycles. The number of hydrogen-bond donors (Lipinski definition) is 2. The van der Waals surface area contributed by atoms with E-state index in [0.29, 0.717) is 13.2 Å². The molecule has 0 bridgehead atoms. The molecule has 20 heavy (non-hydrogen) atoms. The molecular weight excluding hydrogens is 270 g/mol. The Hall–Kier alpha value is -2.04. The molecule has 0 aliphatic heterocycles. The molecule has 0 radical (unpaired) electrons. The van der Waals surface area contributed by atoms with Crippen molar-refractivity contribution in [3.05, 3.63) is 16.4 Å². The molecule has 0 aliphatic rings. The number of hydrogen-bond acceptors (Lipinski definition) is 9. The van der Waals surface area contributed by atoms with Gasteiger partial charge >= 0.3 is 5.69 Å². The topological polar surface area (TPSA) is 135 Å². The van der Waals surface area contributed by atoms with E-state index in [4.69, 9.17) is 20.1 Å². The summed E-state index contributed by atoms with van der Waals surface area (Å²) in [6, 6.07) is 0. The minimum atomic E-state index is -0.663. The molecule has 3 N–H and O–H groups in total. The maximum atomic E-state index is 10.9. The molecule has 1 aromatic rings. The molecule has 0 saturated heterocycles. The molecule has 10 nitrogen and oxygen atoms in total. The number of nitro groups is 1. The van der Waals surface area contributed by atoms with E-state index in [-0.39, 0.29) is 24.9 Å². The Labute approximate surface area is 115 Å². The van der Waals surface area contributed by atoms with Gasteiger partial charge in [0.2, 0.25) is 5.82 Å². The number of nitrogen functional groups attached to an aromatic ring is 1. The predicted molar refractivity (Wildman–Crippen MR) is 69.3 cm³/mol. The first-order chi connectivity index (χ1) is 9.70. The van der Waals surface area contributed by atoms with Crippen molar-refractivity contribution in [2.45, 2.75) is 6.42 Å². The number of aromatic nitrogens is 2. The fraction of sp³-hybridized carbons (Fsp3) is 0.600. The lowest BCUT2D eigenvalue weighted by atomic mass is 10.4. The van der Waals surface area contributed by atoms with Crippen molar-refractivity contribution in [3.8, 4) is 5.88 Å². The van der Waals surface area contributed by atoms with Crippen LogP contribution in [-0.4, -0.2) is 48.4 Å². The lowest BCUT2D eigenvalue weighted by molar-refractivity contribution is -0.385. The first kappa shape index (κ1) is 16.0. The second-order valence-electron chi connectivity index (χ2n) is 3.58. The van der Waals surface area contributed by atoms with Crippen molar-refractivity contribution in [1.29, 1.82) is 0 Å². The van der Waals surface area contributed by atoms with Crippen molar-refractivity contribution in [3.63, 3.8) is 0 Å². The van der Waals surface area contributed by atoms with Crippen molar-refractivity contribution in [2.75, 3.05) is 39.0 Å². The monoisotopic (exact) mass is 287 g/mol. The van der Waals surface area contributed by atoms with Gasteiger partial charge in [-0.2, -0.15) is 4.98 Å². The van der Waals surface area contributed by atoms with E-state index in [2.05, 4.69) is 15.4 Å². The number of ether oxygens (including phenoxy) is 3. The van der Waals surface area contributed by atoms with Gasteiger partial charge in [-0.15, -0.1) is 0 Å². The van der Waals surface area contributed by atoms with Gasteiger partial charge in [0, 0.05) is 20.3 Å². The zero-order chi connectivity index (χ0) is 14.8. The number of nitrogens with one attached hydrogen (secondary N) is 1. The summed E-state index contributed by atoms with van der Waals surface area (Å²) in [4.78, 5) is 17.6. The molecule has 1 heterocycles. The quantitative estimate of drug-likeness (QED) is 0.266. The van der Waals surface area contributed by atoms with E-state index in [9.17, 15) is 10.1 Å². The van der Waals surface area contributed by atoms with Crippen LogP contribution in [0.25, 0.3) is 0 Å². The summed E-state index contributed by atoms with van der Waals surface area (Å²) in [5.41, 5.74) is 1.72. The van der Waals surface area contributed by atoms with Crippen LogP contribution in [0.5, 0.6) is 5.88 Å². The van der Waals surface area contributed by atoms with Crippen molar-refractivity contribution in [2.24, 2.45) is 5.84 Å². The van der Waals surface area contributed by atoms with E-state index in [1.165, 1.54) is 0 Å². The average molecular weight is 287 g/mol. The zero-order valence-electron chi connectivity index (χ0n) is 11.1. The van der Waals surface area contributed by atoms with Crippen LogP contribution in [0.1, 0.15) is 6.42 Å². The normalized spacial score (nSPS) is 10.3. The molecule has 10 heteroatoms. The largest absolute Gasteiger partial charge is 0.470 e. The van der Waals surface area contributed by atoms with Crippen LogP contribution in [0.15, 0.2) is 6.33 Å². The number of hydrazine groups is 1. The van der Waals surface area contributed by atoms with Crippen LogP contribution in [-0.2, 0) is 9.47 Å².